The van der Waals surface area contributed by atoms with Gasteiger partial charge >= 0.3 is 0 Å². The van der Waals surface area contributed by atoms with Crippen LogP contribution in [0.3, 0.4) is 0 Å². The number of aliphatic hydroxyl groups is 1. The van der Waals surface area contributed by atoms with Gasteiger partial charge in [0.2, 0.25) is 0 Å². The second-order valence-electron chi connectivity index (χ2n) is 5.23. The molecule has 0 radical (unpaired) electrons. The van der Waals surface area contributed by atoms with Gasteiger partial charge in [0.1, 0.15) is 11.6 Å². The van der Waals surface area contributed by atoms with Crippen molar-refractivity contribution in [2.75, 3.05) is 26.7 Å². The van der Waals surface area contributed by atoms with Crippen molar-refractivity contribution in [1.82, 2.24) is 4.90 Å². The lowest BCUT2D eigenvalue weighted by atomic mass is 10.1. The van der Waals surface area contributed by atoms with Crippen LogP contribution in [-0.2, 0) is 0 Å². The van der Waals surface area contributed by atoms with Gasteiger partial charge in [0.15, 0.2) is 5.78 Å². The number of benzene rings is 1. The minimum atomic E-state index is -0.744. The number of halogens is 1. The van der Waals surface area contributed by atoms with Gasteiger partial charge < -0.3 is 9.84 Å². The minimum Gasteiger partial charge on any atom is -0.496 e. The van der Waals surface area contributed by atoms with Crippen LogP contribution in [0.15, 0.2) is 18.2 Å². The normalized spacial score (nSPS) is 23.6. The van der Waals surface area contributed by atoms with Crippen LogP contribution in [0, 0.1) is 5.82 Å². The summed E-state index contributed by atoms with van der Waals surface area (Å²) < 4.78 is 18.3. The van der Waals surface area contributed by atoms with Gasteiger partial charge in [0.25, 0.3) is 0 Å². The smallest absolute Gasteiger partial charge is 0.180 e. The molecule has 1 aromatic carbocycles. The summed E-state index contributed by atoms with van der Waals surface area (Å²) in [4.78, 5) is 14.0. The van der Waals surface area contributed by atoms with Crippen LogP contribution in [-0.4, -0.2) is 48.1 Å². The third kappa shape index (κ3) is 3.30. The number of ketones is 1. The fourth-order valence-corrected chi connectivity index (χ4v) is 2.36. The summed E-state index contributed by atoms with van der Waals surface area (Å²) in [5.74, 6) is -0.288. The molecule has 0 aliphatic carbocycles. The van der Waals surface area contributed by atoms with Crippen LogP contribution in [0.5, 0.6) is 5.75 Å². The van der Waals surface area contributed by atoms with E-state index in [0.717, 1.165) is 0 Å². The Hall–Kier alpha value is -1.46. The maximum absolute atomic E-state index is 13.2. The Balaban J connectivity index is 2.10. The first kappa shape index (κ1) is 14.0. The third-order valence-electron chi connectivity index (χ3n) is 3.36. The highest BCUT2D eigenvalue weighted by molar-refractivity contribution is 6.00. The maximum atomic E-state index is 13.2. The summed E-state index contributed by atoms with van der Waals surface area (Å²) >= 11 is 0. The van der Waals surface area contributed by atoms with E-state index in [9.17, 15) is 14.3 Å². The molecule has 1 unspecified atom stereocenters. The lowest BCUT2D eigenvalue weighted by molar-refractivity contribution is 0.0669. The van der Waals surface area contributed by atoms with Gasteiger partial charge in [-0.05, 0) is 31.5 Å². The van der Waals surface area contributed by atoms with Gasteiger partial charge in [-0.3, -0.25) is 9.69 Å². The number of hydrogen-bond donors (Lipinski definition) is 1. The van der Waals surface area contributed by atoms with E-state index in [-0.39, 0.29) is 17.9 Å². The van der Waals surface area contributed by atoms with Crippen molar-refractivity contribution in [2.45, 2.75) is 18.9 Å². The lowest BCUT2D eigenvalue weighted by Crippen LogP contribution is -2.33. The average molecular weight is 267 g/mol. The fraction of sp³-hybridized carbons (Fsp3) is 0.500. The number of hydrogen-bond acceptors (Lipinski definition) is 4. The standard InChI is InChI=1S/C14H18FNO3/c1-14(18)5-6-16(9-14)8-12(17)11-7-10(15)3-4-13(11)19-2/h3-4,7,18H,5-6,8-9H2,1-2H3. The van der Waals surface area contributed by atoms with Crippen molar-refractivity contribution in [1.29, 1.82) is 0 Å². The highest BCUT2D eigenvalue weighted by Crippen LogP contribution is 2.23. The predicted octanol–water partition coefficient (Wildman–Crippen LogP) is 1.47. The molecular formula is C14H18FNO3. The van der Waals surface area contributed by atoms with E-state index in [1.54, 1.807) is 6.92 Å². The minimum absolute atomic E-state index is 0.163. The summed E-state index contributed by atoms with van der Waals surface area (Å²) in [6.07, 6.45) is 0.639. The number of nitrogens with zero attached hydrogens (tertiary/aromatic N) is 1. The van der Waals surface area contributed by atoms with Crippen LogP contribution < -0.4 is 4.74 Å². The molecular weight excluding hydrogens is 249 g/mol. The number of carbonyl (C=O) groups excluding carboxylic acids is 1. The van der Waals surface area contributed by atoms with Crippen molar-refractivity contribution in [2.24, 2.45) is 0 Å². The number of carbonyl (C=O) groups is 1. The molecule has 1 heterocycles. The predicted molar refractivity (Wildman–Crippen MR) is 69.0 cm³/mol. The van der Waals surface area contributed by atoms with Crippen LogP contribution in [0.25, 0.3) is 0 Å². The summed E-state index contributed by atoms with van der Waals surface area (Å²) in [5.41, 5.74) is -0.499. The van der Waals surface area contributed by atoms with E-state index in [1.807, 2.05) is 4.90 Å². The number of rotatable bonds is 4. The largest absolute Gasteiger partial charge is 0.496 e. The van der Waals surface area contributed by atoms with Crippen LogP contribution in [0.2, 0.25) is 0 Å². The zero-order valence-electron chi connectivity index (χ0n) is 11.1. The molecule has 1 aliphatic heterocycles. The summed E-state index contributed by atoms with van der Waals surface area (Å²) in [6.45, 7) is 3.03. The van der Waals surface area contributed by atoms with Crippen molar-refractivity contribution < 1.29 is 19.0 Å². The molecule has 1 atom stereocenters. The van der Waals surface area contributed by atoms with Gasteiger partial charge in [-0.15, -0.1) is 0 Å². The van der Waals surface area contributed by atoms with E-state index in [1.165, 1.54) is 25.3 Å². The Bertz CT molecular complexity index is 488. The average Bonchev–Trinajstić information content (AvgIpc) is 2.68. The Kier molecular flexibility index (Phi) is 3.87. The summed E-state index contributed by atoms with van der Waals surface area (Å²) in [7, 11) is 1.45. The van der Waals surface area contributed by atoms with Gasteiger partial charge in [0.05, 0.1) is 24.8 Å². The molecule has 0 bridgehead atoms. The molecule has 4 nitrogen and oxygen atoms in total. The molecule has 104 valence electrons. The van der Waals surface area contributed by atoms with Crippen LogP contribution in [0.1, 0.15) is 23.7 Å². The molecule has 19 heavy (non-hydrogen) atoms. The first-order chi connectivity index (χ1) is 8.91. The van der Waals surface area contributed by atoms with E-state index >= 15 is 0 Å². The third-order valence-corrected chi connectivity index (χ3v) is 3.36. The zero-order chi connectivity index (χ0) is 14.0. The Morgan fingerprint density at radius 1 is 1.58 bits per heavy atom. The molecule has 0 saturated carbocycles. The van der Waals surface area contributed by atoms with Crippen LogP contribution in [0.4, 0.5) is 4.39 Å². The first-order valence-electron chi connectivity index (χ1n) is 6.23. The molecule has 1 fully saturated rings. The number of β-amino-alcohol motifs (C(OH)–C–C–N with tert-alkyl or cyclic N) is 1. The molecule has 1 aliphatic rings. The number of ether oxygens (including phenoxy) is 1. The Labute approximate surface area is 111 Å². The highest BCUT2D eigenvalue weighted by Gasteiger charge is 2.32. The highest BCUT2D eigenvalue weighted by atomic mass is 19.1. The molecule has 1 N–H and O–H groups in total. The fourth-order valence-electron chi connectivity index (χ4n) is 2.36. The molecule has 5 heteroatoms. The van der Waals surface area contributed by atoms with E-state index < -0.39 is 11.4 Å². The molecule has 0 amide bonds. The SMILES string of the molecule is COc1ccc(F)cc1C(=O)CN1CCC(C)(O)C1. The van der Waals surface area contributed by atoms with E-state index in [2.05, 4.69) is 0 Å². The molecule has 0 spiro atoms. The number of methoxy groups -OCH3 is 1. The van der Waals surface area contributed by atoms with Crippen LogP contribution >= 0.6 is 0 Å². The second-order valence-corrected chi connectivity index (χ2v) is 5.23. The van der Waals surface area contributed by atoms with Gasteiger partial charge in [-0.25, -0.2) is 4.39 Å². The van der Waals surface area contributed by atoms with E-state index in [4.69, 9.17) is 4.74 Å². The van der Waals surface area contributed by atoms with Gasteiger partial charge in [-0.2, -0.15) is 0 Å². The Morgan fingerprint density at radius 2 is 2.32 bits per heavy atom. The monoisotopic (exact) mass is 267 g/mol. The quantitative estimate of drug-likeness (QED) is 0.839. The van der Waals surface area contributed by atoms with Crippen molar-refractivity contribution in [3.05, 3.63) is 29.6 Å². The number of Topliss-reactive ketones (excluding diaryl/α,β-unsaturated/α-hetero) is 1. The van der Waals surface area contributed by atoms with Crippen molar-refractivity contribution in [3.8, 4) is 5.75 Å². The first-order valence-corrected chi connectivity index (χ1v) is 6.23. The topological polar surface area (TPSA) is 49.8 Å². The summed E-state index contributed by atoms with van der Waals surface area (Å²) in [6, 6.07) is 3.90. The second kappa shape index (κ2) is 5.27. The van der Waals surface area contributed by atoms with Crippen molar-refractivity contribution >= 4 is 5.78 Å². The molecule has 1 aromatic rings. The van der Waals surface area contributed by atoms with Gasteiger partial charge in [-0.1, -0.05) is 0 Å². The molecule has 0 aromatic heterocycles. The molecule has 2 rings (SSSR count). The van der Waals surface area contributed by atoms with E-state index in [0.29, 0.717) is 25.3 Å². The lowest BCUT2D eigenvalue weighted by Gasteiger charge is -2.18. The summed E-state index contributed by atoms with van der Waals surface area (Å²) in [5, 5.41) is 9.86. The zero-order valence-corrected chi connectivity index (χ0v) is 11.1. The molecule has 1 saturated heterocycles. The van der Waals surface area contributed by atoms with Crippen molar-refractivity contribution in [3.63, 3.8) is 0 Å². The maximum Gasteiger partial charge on any atom is 0.180 e. The van der Waals surface area contributed by atoms with Gasteiger partial charge in [0, 0.05) is 13.1 Å². The Morgan fingerprint density at radius 3 is 2.89 bits per heavy atom. The number of likely N-dealkylation sites (tertiary alicyclic amines) is 1.